The van der Waals surface area contributed by atoms with Gasteiger partial charge < -0.3 is 14.9 Å². The molecular weight excluding hydrogens is 348 g/mol. The van der Waals surface area contributed by atoms with Crippen molar-refractivity contribution < 1.29 is 14.7 Å². The largest absolute Gasteiger partial charge is 0.389 e. The van der Waals surface area contributed by atoms with Gasteiger partial charge in [0.15, 0.2) is 0 Å². The number of β-amino-alcohol motifs (C(OH)–C–C–N with tert-alkyl or cyclic N) is 1. The monoisotopic (exact) mass is 372 g/mol. The van der Waals surface area contributed by atoms with Crippen LogP contribution in [0.2, 0.25) is 0 Å². The number of hydrogen-bond donors (Lipinski definition) is 1. The Bertz CT molecular complexity index is 718. The summed E-state index contributed by atoms with van der Waals surface area (Å²) in [6.07, 6.45) is 1.31. The zero-order valence-electron chi connectivity index (χ0n) is 14.7. The van der Waals surface area contributed by atoms with Crippen molar-refractivity contribution in [2.75, 3.05) is 26.2 Å². The quantitative estimate of drug-likeness (QED) is 0.843. The van der Waals surface area contributed by atoms with Crippen molar-refractivity contribution in [3.05, 3.63) is 58.3 Å². The molecule has 1 atom stereocenters. The van der Waals surface area contributed by atoms with Gasteiger partial charge in [0.25, 0.3) is 0 Å². The van der Waals surface area contributed by atoms with Gasteiger partial charge >= 0.3 is 0 Å². The Morgan fingerprint density at radius 1 is 1.15 bits per heavy atom. The lowest BCUT2D eigenvalue weighted by Gasteiger charge is -2.21. The molecule has 1 fully saturated rings. The molecule has 0 saturated carbocycles. The van der Waals surface area contributed by atoms with Crippen molar-refractivity contribution in [1.82, 2.24) is 9.80 Å². The van der Waals surface area contributed by atoms with Gasteiger partial charge in [-0.25, -0.2) is 0 Å². The minimum atomic E-state index is -0.703. The van der Waals surface area contributed by atoms with Crippen LogP contribution in [0.5, 0.6) is 0 Å². The van der Waals surface area contributed by atoms with Crippen LogP contribution in [0, 0.1) is 0 Å². The lowest BCUT2D eigenvalue weighted by atomic mass is 10.1. The fourth-order valence-electron chi connectivity index (χ4n) is 3.19. The second-order valence-electron chi connectivity index (χ2n) is 6.61. The first-order chi connectivity index (χ1) is 12.6. The van der Waals surface area contributed by atoms with Crippen molar-refractivity contribution in [3.63, 3.8) is 0 Å². The lowest BCUT2D eigenvalue weighted by Crippen LogP contribution is -2.40. The Morgan fingerprint density at radius 3 is 2.69 bits per heavy atom. The molecule has 138 valence electrons. The van der Waals surface area contributed by atoms with Crippen LogP contribution in [0.1, 0.15) is 16.9 Å². The van der Waals surface area contributed by atoms with E-state index in [1.807, 2.05) is 35.7 Å². The van der Waals surface area contributed by atoms with E-state index in [9.17, 15) is 14.7 Å². The van der Waals surface area contributed by atoms with E-state index in [4.69, 9.17) is 0 Å². The number of hydrogen-bond acceptors (Lipinski definition) is 4. The predicted molar refractivity (Wildman–Crippen MR) is 102 cm³/mol. The highest BCUT2D eigenvalue weighted by atomic mass is 32.1. The van der Waals surface area contributed by atoms with Crippen LogP contribution in [-0.2, 0) is 22.4 Å². The first-order valence-electron chi connectivity index (χ1n) is 8.92. The SMILES string of the molecule is O=C1CN(C(=O)Cc2cccs2)CC(O)CN1CCCc1ccccc1. The first kappa shape index (κ1) is 18.6. The maximum absolute atomic E-state index is 12.5. The highest BCUT2D eigenvalue weighted by molar-refractivity contribution is 7.10. The second-order valence-corrected chi connectivity index (χ2v) is 7.65. The van der Waals surface area contributed by atoms with E-state index < -0.39 is 6.10 Å². The van der Waals surface area contributed by atoms with Gasteiger partial charge in [0.2, 0.25) is 11.8 Å². The van der Waals surface area contributed by atoms with Crippen molar-refractivity contribution in [1.29, 1.82) is 0 Å². The third-order valence-electron chi connectivity index (χ3n) is 4.54. The van der Waals surface area contributed by atoms with Gasteiger partial charge in [0.05, 0.1) is 19.1 Å². The summed E-state index contributed by atoms with van der Waals surface area (Å²) in [5.41, 5.74) is 1.24. The molecule has 0 radical (unpaired) electrons. The highest BCUT2D eigenvalue weighted by Crippen LogP contribution is 2.13. The molecule has 6 heteroatoms. The van der Waals surface area contributed by atoms with Crippen LogP contribution in [0.25, 0.3) is 0 Å². The van der Waals surface area contributed by atoms with Crippen molar-refractivity contribution in [3.8, 4) is 0 Å². The van der Waals surface area contributed by atoms with E-state index in [1.165, 1.54) is 21.8 Å². The average molecular weight is 372 g/mol. The zero-order valence-corrected chi connectivity index (χ0v) is 15.5. The summed E-state index contributed by atoms with van der Waals surface area (Å²) in [4.78, 5) is 29.2. The standard InChI is InChI=1S/C20H24N2O3S/c23-17-13-21(10-4-8-16-6-2-1-3-7-16)20(25)15-22(14-17)19(24)12-18-9-5-11-26-18/h1-3,5-7,9,11,17,23H,4,8,10,12-15H2. The summed E-state index contributed by atoms with van der Waals surface area (Å²) < 4.78 is 0. The van der Waals surface area contributed by atoms with Crippen LogP contribution in [0.15, 0.2) is 47.8 Å². The van der Waals surface area contributed by atoms with Crippen LogP contribution in [-0.4, -0.2) is 59.0 Å². The van der Waals surface area contributed by atoms with Gasteiger partial charge in [-0.05, 0) is 29.9 Å². The maximum atomic E-state index is 12.5. The van der Waals surface area contributed by atoms with E-state index in [2.05, 4.69) is 12.1 Å². The van der Waals surface area contributed by atoms with Crippen molar-refractivity contribution >= 4 is 23.2 Å². The van der Waals surface area contributed by atoms with Crippen LogP contribution >= 0.6 is 11.3 Å². The average Bonchev–Trinajstić information content (AvgIpc) is 3.09. The summed E-state index contributed by atoms with van der Waals surface area (Å²) in [5.74, 6) is -0.194. The number of aryl methyl sites for hydroxylation is 1. The molecule has 5 nitrogen and oxygen atoms in total. The molecule has 1 aromatic carbocycles. The number of carbonyl (C=O) groups is 2. The molecule has 1 saturated heterocycles. The van der Waals surface area contributed by atoms with E-state index in [0.717, 1.165) is 17.7 Å². The van der Waals surface area contributed by atoms with E-state index in [0.29, 0.717) is 6.54 Å². The third-order valence-corrected chi connectivity index (χ3v) is 5.41. The van der Waals surface area contributed by atoms with Gasteiger partial charge in [-0.3, -0.25) is 9.59 Å². The molecule has 26 heavy (non-hydrogen) atoms. The number of aliphatic hydroxyl groups is 1. The van der Waals surface area contributed by atoms with Crippen LogP contribution in [0.4, 0.5) is 0 Å². The molecule has 0 bridgehead atoms. The molecule has 1 aliphatic heterocycles. The van der Waals surface area contributed by atoms with Crippen LogP contribution in [0.3, 0.4) is 0 Å². The minimum absolute atomic E-state index is 0.0482. The molecule has 1 aliphatic rings. The molecule has 1 aromatic heterocycles. The molecule has 1 N–H and O–H groups in total. The smallest absolute Gasteiger partial charge is 0.242 e. The van der Waals surface area contributed by atoms with Gasteiger partial charge in [-0.1, -0.05) is 36.4 Å². The van der Waals surface area contributed by atoms with Crippen LogP contribution < -0.4 is 0 Å². The molecule has 3 rings (SSSR count). The normalized spacial score (nSPS) is 18.0. The number of benzene rings is 1. The van der Waals surface area contributed by atoms with E-state index in [-0.39, 0.29) is 37.9 Å². The second kappa shape index (κ2) is 8.96. The summed E-state index contributed by atoms with van der Waals surface area (Å²) >= 11 is 1.53. The summed E-state index contributed by atoms with van der Waals surface area (Å²) in [5, 5.41) is 12.2. The summed E-state index contributed by atoms with van der Waals surface area (Å²) in [7, 11) is 0. The Labute approximate surface area is 157 Å². The van der Waals surface area contributed by atoms with E-state index >= 15 is 0 Å². The molecular formula is C20H24N2O3S. The molecule has 1 unspecified atom stereocenters. The number of thiophene rings is 1. The number of carbonyl (C=O) groups excluding carboxylic acids is 2. The molecule has 2 heterocycles. The topological polar surface area (TPSA) is 60.9 Å². The number of rotatable bonds is 6. The Kier molecular flexibility index (Phi) is 6.41. The van der Waals surface area contributed by atoms with Crippen molar-refractivity contribution in [2.24, 2.45) is 0 Å². The lowest BCUT2D eigenvalue weighted by molar-refractivity contribution is -0.138. The Hall–Kier alpha value is -2.18. The zero-order chi connectivity index (χ0) is 18.4. The fraction of sp³-hybridized carbons (Fsp3) is 0.400. The van der Waals surface area contributed by atoms with Gasteiger partial charge in [-0.2, -0.15) is 0 Å². The number of nitrogens with zero attached hydrogens (tertiary/aromatic N) is 2. The van der Waals surface area contributed by atoms with Gasteiger partial charge in [-0.15, -0.1) is 11.3 Å². The third kappa shape index (κ3) is 5.16. The number of aliphatic hydroxyl groups excluding tert-OH is 1. The highest BCUT2D eigenvalue weighted by Gasteiger charge is 2.29. The summed E-state index contributed by atoms with van der Waals surface area (Å²) in [6, 6.07) is 14.0. The van der Waals surface area contributed by atoms with E-state index in [1.54, 1.807) is 4.90 Å². The molecule has 0 spiro atoms. The first-order valence-corrected chi connectivity index (χ1v) is 9.79. The van der Waals surface area contributed by atoms with Crippen molar-refractivity contribution in [2.45, 2.75) is 25.4 Å². The summed E-state index contributed by atoms with van der Waals surface area (Å²) in [6.45, 7) is 1.14. The molecule has 0 aliphatic carbocycles. The Balaban J connectivity index is 1.53. The molecule has 2 amide bonds. The molecule has 2 aromatic rings. The number of amides is 2. The maximum Gasteiger partial charge on any atom is 0.242 e. The minimum Gasteiger partial charge on any atom is -0.389 e. The Morgan fingerprint density at radius 2 is 1.96 bits per heavy atom. The van der Waals surface area contributed by atoms with Gasteiger partial charge in [0, 0.05) is 24.5 Å². The predicted octanol–water partition coefficient (Wildman–Crippen LogP) is 1.96. The fourth-order valence-corrected chi connectivity index (χ4v) is 3.89. The van der Waals surface area contributed by atoms with Gasteiger partial charge in [0.1, 0.15) is 0 Å².